The van der Waals surface area contributed by atoms with E-state index < -0.39 is 0 Å². The summed E-state index contributed by atoms with van der Waals surface area (Å²) in [5.41, 5.74) is 0. The summed E-state index contributed by atoms with van der Waals surface area (Å²) in [5.74, 6) is -0.0385. The topological polar surface area (TPSA) is 41.1 Å². The molecule has 1 amide bonds. The number of carbonyl (C=O) groups excluding carboxylic acids is 1. The van der Waals surface area contributed by atoms with Crippen LogP contribution in [-0.4, -0.2) is 25.5 Å². The lowest BCUT2D eigenvalue weighted by atomic mass is 10.4. The highest BCUT2D eigenvalue weighted by Gasteiger charge is 2.06. The van der Waals surface area contributed by atoms with E-state index in [2.05, 4.69) is 17.6 Å². The molecule has 0 radical (unpaired) electrons. The minimum Gasteiger partial charge on any atom is -0.351 e. The standard InChI is InChI=1S/C10H15ClN2OS/c1-2-12-6-3-7-13-10(14)8-4-5-9(11)15-8/h4-5,12H,2-3,6-7H2,1H3,(H,13,14). The molecule has 0 aliphatic carbocycles. The predicted molar refractivity (Wildman–Crippen MR) is 64.8 cm³/mol. The molecule has 0 aromatic carbocycles. The molecule has 0 spiro atoms. The van der Waals surface area contributed by atoms with Gasteiger partial charge in [-0.25, -0.2) is 0 Å². The van der Waals surface area contributed by atoms with Gasteiger partial charge in [0.15, 0.2) is 0 Å². The van der Waals surface area contributed by atoms with Gasteiger partial charge in [-0.1, -0.05) is 18.5 Å². The Bertz CT molecular complexity index is 314. The molecule has 0 atom stereocenters. The number of halogens is 1. The average Bonchev–Trinajstić information content (AvgIpc) is 2.64. The first kappa shape index (κ1) is 12.5. The molecule has 0 aliphatic rings. The van der Waals surface area contributed by atoms with Crippen LogP contribution in [0.5, 0.6) is 0 Å². The zero-order valence-electron chi connectivity index (χ0n) is 8.68. The van der Waals surface area contributed by atoms with Gasteiger partial charge in [0.2, 0.25) is 0 Å². The Hall–Kier alpha value is -0.580. The van der Waals surface area contributed by atoms with Crippen LogP contribution in [0.25, 0.3) is 0 Å². The fourth-order valence-corrected chi connectivity index (χ4v) is 2.07. The largest absolute Gasteiger partial charge is 0.351 e. The molecule has 0 aliphatic heterocycles. The molecule has 0 saturated carbocycles. The van der Waals surface area contributed by atoms with Crippen molar-refractivity contribution in [3.63, 3.8) is 0 Å². The monoisotopic (exact) mass is 246 g/mol. The second kappa shape index (κ2) is 6.82. The number of amides is 1. The van der Waals surface area contributed by atoms with E-state index in [4.69, 9.17) is 11.6 Å². The van der Waals surface area contributed by atoms with E-state index in [1.165, 1.54) is 11.3 Å². The second-order valence-electron chi connectivity index (χ2n) is 3.07. The van der Waals surface area contributed by atoms with Crippen LogP contribution in [0.3, 0.4) is 0 Å². The quantitative estimate of drug-likeness (QED) is 0.755. The van der Waals surface area contributed by atoms with Gasteiger partial charge in [0, 0.05) is 6.54 Å². The normalized spacial score (nSPS) is 10.3. The Kier molecular flexibility index (Phi) is 5.68. The van der Waals surface area contributed by atoms with Crippen LogP contribution < -0.4 is 10.6 Å². The lowest BCUT2D eigenvalue weighted by Gasteiger charge is -2.03. The molecule has 15 heavy (non-hydrogen) atoms. The summed E-state index contributed by atoms with van der Waals surface area (Å²) in [6, 6.07) is 3.48. The van der Waals surface area contributed by atoms with Crippen LogP contribution in [0, 0.1) is 0 Å². The first-order valence-electron chi connectivity index (χ1n) is 4.98. The average molecular weight is 247 g/mol. The maximum absolute atomic E-state index is 11.5. The van der Waals surface area contributed by atoms with Gasteiger partial charge < -0.3 is 10.6 Å². The lowest BCUT2D eigenvalue weighted by Crippen LogP contribution is -2.26. The minimum absolute atomic E-state index is 0.0385. The van der Waals surface area contributed by atoms with Crippen LogP contribution in [0.15, 0.2) is 12.1 Å². The van der Waals surface area contributed by atoms with Crippen LogP contribution >= 0.6 is 22.9 Å². The molecule has 84 valence electrons. The maximum atomic E-state index is 11.5. The van der Waals surface area contributed by atoms with E-state index in [-0.39, 0.29) is 5.91 Å². The fraction of sp³-hybridized carbons (Fsp3) is 0.500. The van der Waals surface area contributed by atoms with Gasteiger partial charge in [0.1, 0.15) is 0 Å². The third kappa shape index (κ3) is 4.64. The number of nitrogens with one attached hydrogen (secondary N) is 2. The van der Waals surface area contributed by atoms with Crippen molar-refractivity contribution in [3.05, 3.63) is 21.3 Å². The second-order valence-corrected chi connectivity index (χ2v) is 4.78. The van der Waals surface area contributed by atoms with Crippen LogP contribution in [0.4, 0.5) is 0 Å². The van der Waals surface area contributed by atoms with Crippen LogP contribution in [-0.2, 0) is 0 Å². The molecule has 3 nitrogen and oxygen atoms in total. The van der Waals surface area contributed by atoms with Gasteiger partial charge in [0.05, 0.1) is 9.21 Å². The zero-order chi connectivity index (χ0) is 11.1. The Morgan fingerprint density at radius 1 is 1.47 bits per heavy atom. The highest BCUT2D eigenvalue weighted by molar-refractivity contribution is 7.17. The van der Waals surface area contributed by atoms with E-state index in [1.54, 1.807) is 12.1 Å². The highest BCUT2D eigenvalue weighted by Crippen LogP contribution is 2.20. The van der Waals surface area contributed by atoms with Gasteiger partial charge in [-0.15, -0.1) is 11.3 Å². The molecular weight excluding hydrogens is 232 g/mol. The third-order valence-corrected chi connectivity index (χ3v) is 3.09. The van der Waals surface area contributed by atoms with E-state index in [9.17, 15) is 4.79 Å². The number of rotatable bonds is 6. The molecule has 1 rings (SSSR count). The van der Waals surface area contributed by atoms with Crippen molar-refractivity contribution >= 4 is 28.8 Å². The molecular formula is C10H15ClN2OS. The smallest absolute Gasteiger partial charge is 0.261 e. The summed E-state index contributed by atoms with van der Waals surface area (Å²) in [6.45, 7) is 4.66. The Labute approximate surface area is 98.8 Å². The Morgan fingerprint density at radius 3 is 2.87 bits per heavy atom. The van der Waals surface area contributed by atoms with E-state index in [0.717, 1.165) is 19.5 Å². The zero-order valence-corrected chi connectivity index (χ0v) is 10.3. The van der Waals surface area contributed by atoms with Gasteiger partial charge in [-0.05, 0) is 31.6 Å². The lowest BCUT2D eigenvalue weighted by molar-refractivity contribution is 0.0957. The SMILES string of the molecule is CCNCCCNC(=O)c1ccc(Cl)s1. The molecule has 1 aromatic rings. The summed E-state index contributed by atoms with van der Waals surface area (Å²) in [7, 11) is 0. The predicted octanol–water partition coefficient (Wildman–Crippen LogP) is 2.13. The molecule has 1 heterocycles. The van der Waals surface area contributed by atoms with E-state index in [0.29, 0.717) is 15.8 Å². The van der Waals surface area contributed by atoms with Crippen LogP contribution in [0.2, 0.25) is 4.34 Å². The number of thiophene rings is 1. The molecule has 5 heteroatoms. The number of carbonyl (C=O) groups is 1. The van der Waals surface area contributed by atoms with E-state index in [1.807, 2.05) is 0 Å². The van der Waals surface area contributed by atoms with Gasteiger partial charge >= 0.3 is 0 Å². The summed E-state index contributed by atoms with van der Waals surface area (Å²) in [4.78, 5) is 12.2. The summed E-state index contributed by atoms with van der Waals surface area (Å²) in [5, 5.41) is 6.04. The Morgan fingerprint density at radius 2 is 2.27 bits per heavy atom. The van der Waals surface area contributed by atoms with Gasteiger partial charge in [-0.3, -0.25) is 4.79 Å². The fourth-order valence-electron chi connectivity index (χ4n) is 1.12. The maximum Gasteiger partial charge on any atom is 0.261 e. The molecule has 0 fully saturated rings. The van der Waals surface area contributed by atoms with Gasteiger partial charge in [0.25, 0.3) is 5.91 Å². The van der Waals surface area contributed by atoms with Crippen molar-refractivity contribution in [2.75, 3.05) is 19.6 Å². The third-order valence-electron chi connectivity index (χ3n) is 1.86. The van der Waals surface area contributed by atoms with Gasteiger partial charge in [-0.2, -0.15) is 0 Å². The summed E-state index contributed by atoms with van der Waals surface area (Å²) >= 11 is 7.04. The molecule has 0 unspecified atom stereocenters. The molecule has 0 bridgehead atoms. The molecule has 0 saturated heterocycles. The molecule has 1 aromatic heterocycles. The first-order chi connectivity index (χ1) is 7.24. The van der Waals surface area contributed by atoms with E-state index >= 15 is 0 Å². The number of hydrogen-bond donors (Lipinski definition) is 2. The van der Waals surface area contributed by atoms with Crippen molar-refractivity contribution in [1.82, 2.24) is 10.6 Å². The first-order valence-corrected chi connectivity index (χ1v) is 6.17. The number of hydrogen-bond acceptors (Lipinski definition) is 3. The van der Waals surface area contributed by atoms with Crippen molar-refractivity contribution in [3.8, 4) is 0 Å². The Balaban J connectivity index is 2.19. The van der Waals surface area contributed by atoms with Crippen molar-refractivity contribution in [1.29, 1.82) is 0 Å². The highest BCUT2D eigenvalue weighted by atomic mass is 35.5. The van der Waals surface area contributed by atoms with Crippen molar-refractivity contribution in [2.24, 2.45) is 0 Å². The summed E-state index contributed by atoms with van der Waals surface area (Å²) in [6.07, 6.45) is 0.943. The minimum atomic E-state index is -0.0385. The van der Waals surface area contributed by atoms with Crippen LogP contribution in [0.1, 0.15) is 23.0 Å². The van der Waals surface area contributed by atoms with Crippen molar-refractivity contribution in [2.45, 2.75) is 13.3 Å². The van der Waals surface area contributed by atoms with Crippen molar-refractivity contribution < 1.29 is 4.79 Å². The molecule has 2 N–H and O–H groups in total. The summed E-state index contributed by atoms with van der Waals surface area (Å²) < 4.78 is 0.646.